The maximum absolute atomic E-state index is 12.6. The molecule has 9 heteroatoms. The lowest BCUT2D eigenvalue weighted by molar-refractivity contribution is -0.169. The first-order chi connectivity index (χ1) is 11.7. The molecular formula is C16H28N2O5S2. The molecule has 0 aliphatic carbocycles. The Morgan fingerprint density at radius 2 is 1.80 bits per heavy atom. The highest BCUT2D eigenvalue weighted by Gasteiger charge is 2.55. The molecule has 1 rings (SSSR count). The van der Waals surface area contributed by atoms with E-state index in [2.05, 4.69) is 0 Å². The molecule has 0 saturated heterocycles. The van der Waals surface area contributed by atoms with Crippen molar-refractivity contribution in [2.75, 3.05) is 65.1 Å². The zero-order valence-electron chi connectivity index (χ0n) is 15.5. The second-order valence-electron chi connectivity index (χ2n) is 6.12. The molecule has 1 aliphatic rings. The quantitative estimate of drug-likeness (QED) is 0.412. The van der Waals surface area contributed by atoms with Crippen molar-refractivity contribution in [1.82, 2.24) is 9.80 Å². The number of carbonyl (C=O) groups excluding carboxylic acids is 2. The monoisotopic (exact) mass is 392 g/mol. The van der Waals surface area contributed by atoms with E-state index in [1.165, 1.54) is 23.5 Å². The van der Waals surface area contributed by atoms with E-state index in [1.807, 2.05) is 38.0 Å². The van der Waals surface area contributed by atoms with Crippen LogP contribution in [0.3, 0.4) is 0 Å². The van der Waals surface area contributed by atoms with Gasteiger partial charge < -0.3 is 24.4 Å². The molecule has 0 saturated carbocycles. The molecule has 1 heterocycles. The molecule has 0 fully saturated rings. The van der Waals surface area contributed by atoms with Crippen LogP contribution in [0.4, 0.5) is 0 Å². The third-order valence-corrected chi connectivity index (χ3v) is 5.70. The number of aliphatic hydroxyl groups is 1. The van der Waals surface area contributed by atoms with Crippen LogP contribution in [0.15, 0.2) is 10.7 Å². The molecule has 0 aromatic carbocycles. The largest absolute Gasteiger partial charge is 0.501 e. The number of hydrogen-bond acceptors (Lipinski definition) is 9. The van der Waals surface area contributed by atoms with Gasteiger partial charge >= 0.3 is 11.9 Å². The summed E-state index contributed by atoms with van der Waals surface area (Å²) in [5, 5.41) is 10.2. The lowest BCUT2D eigenvalue weighted by atomic mass is 10.1. The second kappa shape index (κ2) is 10.3. The van der Waals surface area contributed by atoms with Crippen molar-refractivity contribution < 1.29 is 24.2 Å². The Kier molecular flexibility index (Phi) is 9.12. The van der Waals surface area contributed by atoms with Crippen molar-refractivity contribution >= 4 is 35.5 Å². The van der Waals surface area contributed by atoms with Crippen molar-refractivity contribution in [3.63, 3.8) is 0 Å². The number of hydrogen-bond donors (Lipinski definition) is 1. The molecule has 1 aliphatic heterocycles. The van der Waals surface area contributed by atoms with Crippen LogP contribution in [0.25, 0.3) is 0 Å². The van der Waals surface area contributed by atoms with Crippen molar-refractivity contribution in [3.05, 3.63) is 10.7 Å². The predicted octanol–water partition coefficient (Wildman–Crippen LogP) is 1.20. The van der Waals surface area contributed by atoms with E-state index in [0.29, 0.717) is 5.75 Å². The molecule has 0 spiro atoms. The predicted molar refractivity (Wildman–Crippen MR) is 102 cm³/mol. The lowest BCUT2D eigenvalue weighted by Crippen LogP contribution is -2.45. The summed E-state index contributed by atoms with van der Waals surface area (Å²) in [5.74, 6) is -0.371. The number of rotatable bonds is 11. The molecule has 0 amide bonds. The van der Waals surface area contributed by atoms with Gasteiger partial charge in [-0.1, -0.05) is 0 Å². The van der Waals surface area contributed by atoms with Gasteiger partial charge in [0.2, 0.25) is 5.76 Å². The highest BCUT2D eigenvalue weighted by Crippen LogP contribution is 2.42. The van der Waals surface area contributed by atoms with Crippen LogP contribution < -0.4 is 0 Å². The third-order valence-electron chi connectivity index (χ3n) is 3.42. The first kappa shape index (κ1) is 22.1. The highest BCUT2D eigenvalue weighted by atomic mass is 32.2. The molecule has 7 nitrogen and oxygen atoms in total. The number of esters is 2. The van der Waals surface area contributed by atoms with E-state index < -0.39 is 23.3 Å². The van der Waals surface area contributed by atoms with Gasteiger partial charge in [-0.2, -0.15) is 11.8 Å². The van der Waals surface area contributed by atoms with Crippen molar-refractivity contribution in [2.45, 2.75) is 12.5 Å². The number of thioether (sulfide) groups is 2. The van der Waals surface area contributed by atoms with E-state index in [9.17, 15) is 14.7 Å². The molecule has 0 radical (unpaired) electrons. The van der Waals surface area contributed by atoms with Crippen LogP contribution in [0.1, 0.15) is 6.92 Å². The first-order valence-corrected chi connectivity index (χ1v) is 10.2. The summed E-state index contributed by atoms with van der Waals surface area (Å²) in [5.41, 5.74) is -1.55. The standard InChI is InChI=1S/C16H28N2O5S2/c1-6-22-15(21)16(11-24-9-7-17(2)3)13(12(19)14(20)23-16)25-10-8-18(4)5/h19H,6-11H2,1-5H3. The number of carbonyl (C=O) groups is 2. The molecule has 0 bridgehead atoms. The molecule has 0 aromatic rings. The Balaban J connectivity index is 2.97. The molecule has 0 aromatic heterocycles. The summed E-state index contributed by atoms with van der Waals surface area (Å²) in [4.78, 5) is 28.8. The second-order valence-corrected chi connectivity index (χ2v) is 8.33. The minimum Gasteiger partial charge on any atom is -0.501 e. The average molecular weight is 393 g/mol. The topological polar surface area (TPSA) is 79.3 Å². The Morgan fingerprint density at radius 1 is 1.20 bits per heavy atom. The van der Waals surface area contributed by atoms with Crippen molar-refractivity contribution in [1.29, 1.82) is 0 Å². The van der Waals surface area contributed by atoms with Gasteiger partial charge in [-0.05, 0) is 35.1 Å². The van der Waals surface area contributed by atoms with Gasteiger partial charge in [-0.3, -0.25) is 0 Å². The zero-order valence-corrected chi connectivity index (χ0v) is 17.2. The van der Waals surface area contributed by atoms with Crippen LogP contribution in [-0.2, 0) is 19.1 Å². The summed E-state index contributed by atoms with van der Waals surface area (Å²) in [6, 6.07) is 0. The number of aliphatic hydroxyl groups excluding tert-OH is 1. The van der Waals surface area contributed by atoms with Crippen LogP contribution in [0.5, 0.6) is 0 Å². The van der Waals surface area contributed by atoms with Crippen molar-refractivity contribution in [2.24, 2.45) is 0 Å². The van der Waals surface area contributed by atoms with Gasteiger partial charge in [0, 0.05) is 30.3 Å². The van der Waals surface area contributed by atoms with Gasteiger partial charge in [-0.25, -0.2) is 9.59 Å². The first-order valence-electron chi connectivity index (χ1n) is 8.09. The molecule has 144 valence electrons. The van der Waals surface area contributed by atoms with Crippen LogP contribution in [0, 0.1) is 0 Å². The number of ether oxygens (including phenoxy) is 2. The minimum absolute atomic E-state index is 0.177. The summed E-state index contributed by atoms with van der Waals surface area (Å²) >= 11 is 2.76. The van der Waals surface area contributed by atoms with E-state index in [-0.39, 0.29) is 17.3 Å². The number of cyclic esters (lactones) is 1. The van der Waals surface area contributed by atoms with Crippen LogP contribution in [-0.4, -0.2) is 97.6 Å². The molecule has 1 unspecified atom stereocenters. The minimum atomic E-state index is -1.55. The van der Waals surface area contributed by atoms with E-state index in [4.69, 9.17) is 9.47 Å². The van der Waals surface area contributed by atoms with E-state index in [0.717, 1.165) is 18.8 Å². The third kappa shape index (κ3) is 6.09. The van der Waals surface area contributed by atoms with Gasteiger partial charge in [0.05, 0.1) is 11.5 Å². The smallest absolute Gasteiger partial charge is 0.375 e. The van der Waals surface area contributed by atoms with Gasteiger partial charge in [0.15, 0.2) is 0 Å². The van der Waals surface area contributed by atoms with Crippen LogP contribution in [0.2, 0.25) is 0 Å². The SMILES string of the molecule is CCOC(=O)C1(CSCCN(C)C)OC(=O)C(O)=C1SCCN(C)C. The summed E-state index contributed by atoms with van der Waals surface area (Å²) < 4.78 is 10.5. The Hall–Kier alpha value is -0.900. The van der Waals surface area contributed by atoms with Gasteiger partial charge in [0.25, 0.3) is 5.60 Å². The number of nitrogens with zero attached hydrogens (tertiary/aromatic N) is 2. The molecule has 25 heavy (non-hydrogen) atoms. The molecule has 1 atom stereocenters. The van der Waals surface area contributed by atoms with E-state index in [1.54, 1.807) is 6.92 Å². The maximum Gasteiger partial charge on any atom is 0.375 e. The van der Waals surface area contributed by atoms with Gasteiger partial charge in [0.1, 0.15) is 0 Å². The molecule has 1 N–H and O–H groups in total. The summed E-state index contributed by atoms with van der Waals surface area (Å²) in [7, 11) is 7.79. The normalized spacial score (nSPS) is 20.5. The van der Waals surface area contributed by atoms with E-state index >= 15 is 0 Å². The zero-order chi connectivity index (χ0) is 19.0. The Labute approximate surface area is 158 Å². The lowest BCUT2D eigenvalue weighted by Gasteiger charge is -2.27. The Morgan fingerprint density at radius 3 is 2.36 bits per heavy atom. The Bertz CT molecular complexity index is 511. The fourth-order valence-corrected chi connectivity index (χ4v) is 4.70. The average Bonchev–Trinajstić information content (AvgIpc) is 2.77. The van der Waals surface area contributed by atoms with Gasteiger partial charge in [-0.15, -0.1) is 11.8 Å². The molecular weight excluding hydrogens is 364 g/mol. The maximum atomic E-state index is 12.6. The van der Waals surface area contributed by atoms with Crippen molar-refractivity contribution in [3.8, 4) is 0 Å². The van der Waals surface area contributed by atoms with Crippen LogP contribution >= 0.6 is 23.5 Å². The fraction of sp³-hybridized carbons (Fsp3) is 0.750. The fourth-order valence-electron chi connectivity index (χ4n) is 2.05. The summed E-state index contributed by atoms with van der Waals surface area (Å²) in [6.45, 7) is 3.44. The highest BCUT2D eigenvalue weighted by molar-refractivity contribution is 8.03. The summed E-state index contributed by atoms with van der Waals surface area (Å²) in [6.07, 6.45) is 0.